The van der Waals surface area contributed by atoms with E-state index < -0.39 is 13.9 Å². The number of unbranched alkanes of at least 4 members (excludes halogenated alkanes) is 22. The quantitative estimate of drug-likeness (QED) is 0.0214. The van der Waals surface area contributed by atoms with Crippen molar-refractivity contribution in [3.8, 4) is 0 Å². The molecule has 0 rings (SSSR count). The predicted molar refractivity (Wildman–Crippen MR) is 261 cm³/mol. The van der Waals surface area contributed by atoms with Crippen LogP contribution >= 0.6 is 7.82 Å². The molecule has 0 heterocycles. The highest BCUT2D eigenvalue weighted by Crippen LogP contribution is 2.43. The lowest BCUT2D eigenvalue weighted by molar-refractivity contribution is -0.870. The molecule has 0 fully saturated rings. The second-order valence-corrected chi connectivity index (χ2v) is 19.3. The smallest absolute Gasteiger partial charge is 0.457 e. The van der Waals surface area contributed by atoms with Gasteiger partial charge in [0.2, 0.25) is 0 Å². The Balaban J connectivity index is 4.13. The molecule has 0 aliphatic rings. The molecule has 0 spiro atoms. The molecule has 0 aromatic carbocycles. The lowest BCUT2D eigenvalue weighted by Crippen LogP contribution is -2.37. The first kappa shape index (κ1) is 59.2. The van der Waals surface area contributed by atoms with Crippen LogP contribution in [0, 0.1) is 0 Å². The number of quaternary nitrogens is 1. The summed E-state index contributed by atoms with van der Waals surface area (Å²) in [6.07, 6.45) is 56.9. The van der Waals surface area contributed by atoms with Gasteiger partial charge in [0.1, 0.15) is 19.3 Å². The van der Waals surface area contributed by atoms with E-state index in [-0.39, 0.29) is 25.8 Å². The van der Waals surface area contributed by atoms with Gasteiger partial charge in [-0.1, -0.05) is 184 Å². The minimum absolute atomic E-state index is 0.0848. The Kier molecular flexibility index (Phi) is 43.5. The van der Waals surface area contributed by atoms with E-state index in [1.165, 1.54) is 116 Å². The summed E-state index contributed by atoms with van der Waals surface area (Å²) in [5, 5.41) is 0. The summed E-state index contributed by atoms with van der Waals surface area (Å²) < 4.78 is 35.1. The van der Waals surface area contributed by atoms with Gasteiger partial charge in [-0.3, -0.25) is 13.8 Å². The second kappa shape index (κ2) is 44.8. The zero-order valence-corrected chi connectivity index (χ0v) is 41.3. The van der Waals surface area contributed by atoms with Crippen molar-refractivity contribution in [1.82, 2.24) is 0 Å². The fourth-order valence-electron chi connectivity index (χ4n) is 6.72. The maximum absolute atomic E-state index is 12.7. The van der Waals surface area contributed by atoms with E-state index in [4.69, 9.17) is 18.5 Å². The Morgan fingerprint density at radius 2 is 0.951 bits per heavy atom. The number of carbonyl (C=O) groups excluding carboxylic acids is 1. The maximum atomic E-state index is 12.7. The lowest BCUT2D eigenvalue weighted by atomic mass is 10.1. The molecule has 2 atom stereocenters. The Bertz CT molecular complexity index is 1160. The molecule has 9 heteroatoms. The van der Waals surface area contributed by atoms with E-state index in [9.17, 15) is 14.3 Å². The van der Waals surface area contributed by atoms with Crippen LogP contribution < -0.4 is 0 Å². The van der Waals surface area contributed by atoms with Crippen molar-refractivity contribution in [2.24, 2.45) is 0 Å². The van der Waals surface area contributed by atoms with Crippen molar-refractivity contribution in [3.63, 3.8) is 0 Å². The van der Waals surface area contributed by atoms with E-state index >= 15 is 0 Å². The molecule has 0 radical (unpaired) electrons. The largest absolute Gasteiger partial charge is 0.472 e. The van der Waals surface area contributed by atoms with Crippen LogP contribution in [0.25, 0.3) is 0 Å². The minimum Gasteiger partial charge on any atom is -0.457 e. The van der Waals surface area contributed by atoms with Gasteiger partial charge in [0.15, 0.2) is 0 Å². The molecule has 61 heavy (non-hydrogen) atoms. The molecule has 0 aliphatic heterocycles. The summed E-state index contributed by atoms with van der Waals surface area (Å²) >= 11 is 0. The molecule has 0 saturated carbocycles. The lowest BCUT2D eigenvalue weighted by Gasteiger charge is -2.24. The number of carbonyl (C=O) groups is 1. The Morgan fingerprint density at radius 1 is 0.525 bits per heavy atom. The first-order valence-electron chi connectivity index (χ1n) is 25.0. The topological polar surface area (TPSA) is 91.3 Å². The number of allylic oxidation sites excluding steroid dienone is 10. The Morgan fingerprint density at radius 3 is 1.44 bits per heavy atom. The first-order valence-corrected chi connectivity index (χ1v) is 26.5. The van der Waals surface area contributed by atoms with Crippen molar-refractivity contribution in [1.29, 1.82) is 0 Å². The van der Waals surface area contributed by atoms with Crippen LogP contribution in [0.3, 0.4) is 0 Å². The van der Waals surface area contributed by atoms with Gasteiger partial charge in [-0.05, 0) is 77.0 Å². The first-order chi connectivity index (χ1) is 29.6. The van der Waals surface area contributed by atoms with Crippen molar-refractivity contribution in [2.75, 3.05) is 54.1 Å². The molecule has 0 aromatic rings. The van der Waals surface area contributed by atoms with Gasteiger partial charge in [0.05, 0.1) is 34.4 Å². The van der Waals surface area contributed by atoms with Gasteiger partial charge in [0.25, 0.3) is 0 Å². The molecule has 8 nitrogen and oxygen atoms in total. The zero-order valence-electron chi connectivity index (χ0n) is 40.4. The zero-order chi connectivity index (χ0) is 44.8. The van der Waals surface area contributed by atoms with Crippen LogP contribution in [0.1, 0.15) is 206 Å². The van der Waals surface area contributed by atoms with Crippen LogP contribution in [0.5, 0.6) is 0 Å². The SMILES string of the molecule is CC/C=C\C/C=C\C/C=C\C/C=C\CCCCCCCCCCCCCOCC(COP(=O)(O)OCC[N+](C)(C)C)OC(=O)CCCCCCC/C=C\CCCCCCCC. The number of phosphoric acid groups is 1. The molecular formula is C52H97NO7P+. The van der Waals surface area contributed by atoms with Gasteiger partial charge < -0.3 is 18.9 Å². The van der Waals surface area contributed by atoms with E-state index in [2.05, 4.69) is 74.6 Å². The third kappa shape index (κ3) is 49.1. The summed E-state index contributed by atoms with van der Waals surface area (Å²) in [6, 6.07) is 0. The van der Waals surface area contributed by atoms with Crippen molar-refractivity contribution < 1.29 is 37.3 Å². The van der Waals surface area contributed by atoms with Gasteiger partial charge >= 0.3 is 13.8 Å². The molecule has 0 aromatic heterocycles. The Hall–Kier alpha value is -1.80. The van der Waals surface area contributed by atoms with E-state index in [1.54, 1.807) is 0 Å². The number of rotatable bonds is 46. The highest BCUT2D eigenvalue weighted by molar-refractivity contribution is 7.47. The predicted octanol–water partition coefficient (Wildman–Crippen LogP) is 15.3. The highest BCUT2D eigenvalue weighted by atomic mass is 31.2. The molecule has 1 N–H and O–H groups in total. The molecule has 0 bridgehead atoms. The minimum atomic E-state index is -4.28. The number of hydrogen-bond donors (Lipinski definition) is 1. The van der Waals surface area contributed by atoms with Gasteiger partial charge in [-0.2, -0.15) is 0 Å². The van der Waals surface area contributed by atoms with Crippen LogP contribution in [-0.4, -0.2) is 75.6 Å². The molecule has 0 saturated heterocycles. The maximum Gasteiger partial charge on any atom is 0.472 e. The average molecular weight is 879 g/mol. The summed E-state index contributed by atoms with van der Waals surface area (Å²) in [5.74, 6) is -0.324. The number of esters is 1. The van der Waals surface area contributed by atoms with Gasteiger partial charge in [0, 0.05) is 13.0 Å². The standard InChI is InChI=1S/C52H96NO7P/c1-6-8-10-12-14-16-18-20-22-23-24-25-26-27-28-29-30-32-34-36-38-40-42-44-47-57-49-51(50-59-61(55,56)58-48-46-53(3,4)5)60-52(54)45-43-41-39-37-35-33-31-21-19-17-15-13-11-9-7-2/h8,10,14,16,20-22,24-25,31,51H,6-7,9,11-13,15,17-19,23,26-30,32-50H2,1-5H3/p+1/b10-8-,16-14-,22-20-,25-24-,31-21-. The van der Waals surface area contributed by atoms with Crippen molar-refractivity contribution >= 4 is 13.8 Å². The number of likely N-dealkylation sites (N-methyl/N-ethyl adjacent to an activating group) is 1. The molecule has 356 valence electrons. The van der Waals surface area contributed by atoms with Gasteiger partial charge in [-0.15, -0.1) is 0 Å². The normalized spacial score (nSPS) is 14.1. The van der Waals surface area contributed by atoms with Gasteiger partial charge in [-0.25, -0.2) is 4.57 Å². The van der Waals surface area contributed by atoms with Crippen LogP contribution in [0.15, 0.2) is 60.8 Å². The second-order valence-electron chi connectivity index (χ2n) is 17.8. The summed E-state index contributed by atoms with van der Waals surface area (Å²) in [7, 11) is 1.66. The number of nitrogens with zero attached hydrogens (tertiary/aromatic N) is 1. The number of ether oxygens (including phenoxy) is 2. The molecule has 0 amide bonds. The highest BCUT2D eigenvalue weighted by Gasteiger charge is 2.26. The van der Waals surface area contributed by atoms with Crippen LogP contribution in [0.4, 0.5) is 0 Å². The summed E-state index contributed by atoms with van der Waals surface area (Å²) in [4.78, 5) is 23.0. The number of phosphoric ester groups is 1. The summed E-state index contributed by atoms with van der Waals surface area (Å²) in [6.45, 7) is 5.50. The third-order valence-corrected chi connectivity index (χ3v) is 11.5. The summed E-state index contributed by atoms with van der Waals surface area (Å²) in [5.41, 5.74) is 0. The van der Waals surface area contributed by atoms with Crippen molar-refractivity contribution in [2.45, 2.75) is 213 Å². The fraction of sp³-hybridized carbons (Fsp3) is 0.788. The van der Waals surface area contributed by atoms with E-state index in [0.717, 1.165) is 70.6 Å². The van der Waals surface area contributed by atoms with Crippen molar-refractivity contribution in [3.05, 3.63) is 60.8 Å². The monoisotopic (exact) mass is 879 g/mol. The number of hydrogen-bond acceptors (Lipinski definition) is 6. The van der Waals surface area contributed by atoms with Crippen LogP contribution in [0.2, 0.25) is 0 Å². The molecular weight excluding hydrogens is 782 g/mol. The molecule has 0 aliphatic carbocycles. The van der Waals surface area contributed by atoms with Crippen LogP contribution in [-0.2, 0) is 27.9 Å². The van der Waals surface area contributed by atoms with E-state index in [0.29, 0.717) is 24.1 Å². The molecule has 2 unspecified atom stereocenters. The fourth-order valence-corrected chi connectivity index (χ4v) is 7.46. The average Bonchev–Trinajstić information content (AvgIpc) is 3.22. The van der Waals surface area contributed by atoms with E-state index in [1.807, 2.05) is 21.1 Å². The third-order valence-electron chi connectivity index (χ3n) is 10.6. The Labute approximate surface area is 377 Å².